The fourth-order valence-electron chi connectivity index (χ4n) is 3.89. The molecule has 0 spiro atoms. The third-order valence-electron chi connectivity index (χ3n) is 4.86. The lowest BCUT2D eigenvalue weighted by atomic mass is 9.75. The van der Waals surface area contributed by atoms with Crippen LogP contribution in [0.15, 0.2) is 12.1 Å². The van der Waals surface area contributed by atoms with Crippen molar-refractivity contribution < 1.29 is 0 Å². The van der Waals surface area contributed by atoms with Crippen LogP contribution in [0, 0.1) is 12.8 Å². The monoisotopic (exact) mass is 216 g/mol. The number of fused-ring (bicyclic) bond motifs is 2. The van der Waals surface area contributed by atoms with E-state index in [0.717, 1.165) is 17.3 Å². The molecule has 86 valence electrons. The van der Waals surface area contributed by atoms with Crippen molar-refractivity contribution in [3.63, 3.8) is 0 Å². The highest BCUT2D eigenvalue weighted by Gasteiger charge is 2.46. The molecule has 0 atom stereocenters. The van der Waals surface area contributed by atoms with Crippen molar-refractivity contribution in [2.45, 2.75) is 44.4 Å². The largest absolute Gasteiger partial charge is 0.397 e. The number of rotatable bonds is 1. The number of hydrogen-bond acceptors (Lipinski definition) is 2. The summed E-state index contributed by atoms with van der Waals surface area (Å²) in [6.07, 6.45) is 6.88. The third kappa shape index (κ3) is 1.19. The highest BCUT2D eigenvalue weighted by atomic mass is 14.7. The van der Waals surface area contributed by atoms with Crippen LogP contribution in [-0.2, 0) is 5.41 Å². The maximum absolute atomic E-state index is 6.05. The van der Waals surface area contributed by atoms with Gasteiger partial charge >= 0.3 is 0 Å². The Morgan fingerprint density at radius 3 is 2.44 bits per heavy atom. The van der Waals surface area contributed by atoms with E-state index in [-0.39, 0.29) is 0 Å². The van der Waals surface area contributed by atoms with Crippen LogP contribution in [-0.4, -0.2) is 0 Å². The topological polar surface area (TPSA) is 52.0 Å². The van der Waals surface area contributed by atoms with Gasteiger partial charge in [0.1, 0.15) is 0 Å². The molecule has 0 aliphatic heterocycles. The Morgan fingerprint density at radius 2 is 1.88 bits per heavy atom. The predicted molar refractivity (Wildman–Crippen MR) is 68.3 cm³/mol. The minimum atomic E-state index is 0.441. The second-order valence-electron chi connectivity index (χ2n) is 5.67. The molecule has 0 aromatic heterocycles. The van der Waals surface area contributed by atoms with Gasteiger partial charge in [0.05, 0.1) is 11.4 Å². The first-order valence-corrected chi connectivity index (χ1v) is 6.27. The summed E-state index contributed by atoms with van der Waals surface area (Å²) in [6.45, 7) is 2.13. The zero-order chi connectivity index (χ0) is 11.3. The molecule has 2 nitrogen and oxygen atoms in total. The van der Waals surface area contributed by atoms with Gasteiger partial charge in [0.2, 0.25) is 0 Å². The molecule has 0 heterocycles. The third-order valence-corrected chi connectivity index (χ3v) is 4.86. The van der Waals surface area contributed by atoms with Crippen molar-refractivity contribution >= 4 is 11.4 Å². The van der Waals surface area contributed by atoms with Gasteiger partial charge in [0.25, 0.3) is 0 Å². The van der Waals surface area contributed by atoms with Gasteiger partial charge in [-0.1, -0.05) is 6.07 Å². The lowest BCUT2D eigenvalue weighted by Crippen LogP contribution is -2.21. The van der Waals surface area contributed by atoms with E-state index in [1.165, 1.54) is 43.2 Å². The quantitative estimate of drug-likeness (QED) is 0.709. The van der Waals surface area contributed by atoms with Crippen LogP contribution in [0.25, 0.3) is 0 Å². The molecule has 2 heteroatoms. The first-order valence-electron chi connectivity index (χ1n) is 6.27. The molecule has 2 aliphatic rings. The van der Waals surface area contributed by atoms with Gasteiger partial charge < -0.3 is 11.5 Å². The minimum absolute atomic E-state index is 0.441. The van der Waals surface area contributed by atoms with Crippen LogP contribution >= 0.6 is 0 Å². The SMILES string of the molecule is Cc1c(C23CCC(CC2)C3)ccc(N)c1N. The average molecular weight is 216 g/mol. The fraction of sp³-hybridized carbons (Fsp3) is 0.571. The molecule has 1 aromatic carbocycles. The van der Waals surface area contributed by atoms with Crippen molar-refractivity contribution in [1.82, 2.24) is 0 Å². The zero-order valence-corrected chi connectivity index (χ0v) is 9.92. The predicted octanol–water partition coefficient (Wildman–Crippen LogP) is 2.99. The molecule has 4 N–H and O–H groups in total. The van der Waals surface area contributed by atoms with Gasteiger partial charge in [-0.25, -0.2) is 0 Å². The Balaban J connectivity index is 2.10. The lowest BCUT2D eigenvalue weighted by molar-refractivity contribution is 0.417. The average Bonchev–Trinajstić information content (AvgIpc) is 2.86. The van der Waals surface area contributed by atoms with E-state index < -0.39 is 0 Å². The molecule has 2 saturated carbocycles. The number of benzene rings is 1. The van der Waals surface area contributed by atoms with Crippen molar-refractivity contribution in [2.24, 2.45) is 5.92 Å². The Labute approximate surface area is 97.0 Å². The summed E-state index contributed by atoms with van der Waals surface area (Å²) in [4.78, 5) is 0. The molecule has 2 fully saturated rings. The fourth-order valence-corrected chi connectivity index (χ4v) is 3.89. The molecule has 3 rings (SSSR count). The second-order valence-corrected chi connectivity index (χ2v) is 5.67. The summed E-state index contributed by atoms with van der Waals surface area (Å²) in [5.74, 6) is 0.971. The summed E-state index contributed by atoms with van der Waals surface area (Å²) in [5.41, 5.74) is 16.6. The van der Waals surface area contributed by atoms with E-state index in [1.54, 1.807) is 0 Å². The normalized spacial score (nSPS) is 32.2. The molecule has 2 bridgehead atoms. The molecule has 0 saturated heterocycles. The summed E-state index contributed by atoms with van der Waals surface area (Å²) in [7, 11) is 0. The maximum Gasteiger partial charge on any atom is 0.0580 e. The summed E-state index contributed by atoms with van der Waals surface area (Å²) < 4.78 is 0. The van der Waals surface area contributed by atoms with E-state index in [9.17, 15) is 0 Å². The van der Waals surface area contributed by atoms with Crippen LogP contribution in [0.3, 0.4) is 0 Å². The van der Waals surface area contributed by atoms with Gasteiger partial charge in [-0.05, 0) is 67.6 Å². The molecule has 0 unspecified atom stereocenters. The minimum Gasteiger partial charge on any atom is -0.397 e. The number of nitrogens with two attached hydrogens (primary N) is 2. The first-order chi connectivity index (χ1) is 7.62. The Bertz CT molecular complexity index is 429. The molecular formula is C14H20N2. The van der Waals surface area contributed by atoms with Crippen LogP contribution in [0.2, 0.25) is 0 Å². The van der Waals surface area contributed by atoms with Gasteiger partial charge in [0, 0.05) is 0 Å². The van der Waals surface area contributed by atoms with Crippen LogP contribution < -0.4 is 11.5 Å². The highest BCUT2D eigenvalue weighted by Crippen LogP contribution is 2.56. The maximum atomic E-state index is 6.05. The molecule has 0 radical (unpaired) electrons. The Morgan fingerprint density at radius 1 is 1.19 bits per heavy atom. The van der Waals surface area contributed by atoms with E-state index in [1.807, 2.05) is 6.07 Å². The Hall–Kier alpha value is -1.18. The first kappa shape index (κ1) is 10.0. The standard InChI is InChI=1S/C14H20N2/c1-9-11(2-3-12(15)13(9)16)14-6-4-10(8-14)5-7-14/h2-3,10H,4-8,15-16H2,1H3. The van der Waals surface area contributed by atoms with Gasteiger partial charge in [-0.15, -0.1) is 0 Å². The van der Waals surface area contributed by atoms with E-state index in [0.29, 0.717) is 5.41 Å². The van der Waals surface area contributed by atoms with Crippen molar-refractivity contribution in [3.05, 3.63) is 23.3 Å². The second kappa shape index (κ2) is 3.16. The van der Waals surface area contributed by atoms with Crippen molar-refractivity contribution in [1.29, 1.82) is 0 Å². The van der Waals surface area contributed by atoms with Gasteiger partial charge in [0.15, 0.2) is 0 Å². The van der Waals surface area contributed by atoms with Crippen LogP contribution in [0.5, 0.6) is 0 Å². The summed E-state index contributed by atoms with van der Waals surface area (Å²) in [6, 6.07) is 4.20. The van der Waals surface area contributed by atoms with Gasteiger partial charge in [-0.2, -0.15) is 0 Å². The number of nitrogen functional groups attached to an aromatic ring is 2. The Kier molecular flexibility index (Phi) is 1.97. The summed E-state index contributed by atoms with van der Waals surface area (Å²) >= 11 is 0. The molecule has 0 amide bonds. The smallest absolute Gasteiger partial charge is 0.0580 e. The molecule has 1 aromatic rings. The number of hydrogen-bond donors (Lipinski definition) is 2. The van der Waals surface area contributed by atoms with E-state index in [4.69, 9.17) is 11.5 Å². The molecule has 2 aliphatic carbocycles. The van der Waals surface area contributed by atoms with Crippen LogP contribution in [0.4, 0.5) is 11.4 Å². The van der Waals surface area contributed by atoms with Gasteiger partial charge in [-0.3, -0.25) is 0 Å². The zero-order valence-electron chi connectivity index (χ0n) is 9.92. The van der Waals surface area contributed by atoms with Crippen molar-refractivity contribution in [2.75, 3.05) is 11.5 Å². The van der Waals surface area contributed by atoms with E-state index in [2.05, 4.69) is 13.0 Å². The van der Waals surface area contributed by atoms with Crippen LogP contribution in [0.1, 0.15) is 43.2 Å². The number of anilines is 2. The molecular weight excluding hydrogens is 196 g/mol. The molecule has 16 heavy (non-hydrogen) atoms. The lowest BCUT2D eigenvalue weighted by Gasteiger charge is -2.29. The van der Waals surface area contributed by atoms with Crippen molar-refractivity contribution in [3.8, 4) is 0 Å². The van der Waals surface area contributed by atoms with E-state index >= 15 is 0 Å². The summed E-state index contributed by atoms with van der Waals surface area (Å²) in [5, 5.41) is 0. The highest BCUT2D eigenvalue weighted by molar-refractivity contribution is 5.69.